The standard InChI is InChI=1S/C13H13FN2O/c1-9(11-6-4-3-5-7-11)16-12(10(2)17)8-15-13(16)14/h3-9H,1-2H3. The van der Waals surface area contributed by atoms with E-state index in [1.54, 1.807) is 0 Å². The number of nitrogens with zero attached hydrogens (tertiary/aromatic N) is 2. The number of Topliss-reactive ketones (excluding diaryl/α,β-unsaturated/α-hetero) is 1. The third kappa shape index (κ3) is 2.11. The molecule has 4 heteroatoms. The summed E-state index contributed by atoms with van der Waals surface area (Å²) in [4.78, 5) is 14.9. The molecule has 0 saturated carbocycles. The van der Waals surface area contributed by atoms with Gasteiger partial charge in [-0.25, -0.2) is 4.98 Å². The van der Waals surface area contributed by atoms with Crippen LogP contribution in [-0.4, -0.2) is 15.3 Å². The molecule has 0 N–H and O–H groups in total. The van der Waals surface area contributed by atoms with Gasteiger partial charge in [-0.2, -0.15) is 4.39 Å². The Morgan fingerprint density at radius 1 is 1.35 bits per heavy atom. The van der Waals surface area contributed by atoms with Crippen LogP contribution >= 0.6 is 0 Å². The summed E-state index contributed by atoms with van der Waals surface area (Å²) in [6, 6.07) is 9.20. The second-order valence-electron chi connectivity index (χ2n) is 3.93. The van der Waals surface area contributed by atoms with Gasteiger partial charge in [-0.05, 0) is 12.5 Å². The van der Waals surface area contributed by atoms with E-state index in [0.29, 0.717) is 5.69 Å². The summed E-state index contributed by atoms with van der Waals surface area (Å²) in [5, 5.41) is 0. The number of halogens is 1. The fourth-order valence-electron chi connectivity index (χ4n) is 1.85. The Morgan fingerprint density at radius 2 is 2.00 bits per heavy atom. The molecule has 0 saturated heterocycles. The zero-order valence-corrected chi connectivity index (χ0v) is 9.72. The number of ketones is 1. The zero-order chi connectivity index (χ0) is 12.4. The highest BCUT2D eigenvalue weighted by molar-refractivity contribution is 5.92. The Balaban J connectivity index is 2.47. The fraction of sp³-hybridized carbons (Fsp3) is 0.231. The SMILES string of the molecule is CC(=O)c1cnc(F)n1C(C)c1ccccc1. The molecule has 1 unspecified atom stereocenters. The monoisotopic (exact) mass is 232 g/mol. The van der Waals surface area contributed by atoms with Crippen molar-refractivity contribution >= 4 is 5.78 Å². The zero-order valence-electron chi connectivity index (χ0n) is 9.72. The predicted octanol–water partition coefficient (Wildman–Crippen LogP) is 2.83. The molecule has 1 atom stereocenters. The summed E-state index contributed by atoms with van der Waals surface area (Å²) in [6.07, 6.45) is 0.642. The molecule has 0 amide bonds. The van der Waals surface area contributed by atoms with E-state index in [1.165, 1.54) is 17.7 Å². The highest BCUT2D eigenvalue weighted by Crippen LogP contribution is 2.21. The Bertz CT molecular complexity index is 534. The van der Waals surface area contributed by atoms with Crippen LogP contribution in [-0.2, 0) is 0 Å². The van der Waals surface area contributed by atoms with Crippen molar-refractivity contribution in [2.45, 2.75) is 19.9 Å². The van der Waals surface area contributed by atoms with Crippen molar-refractivity contribution in [3.8, 4) is 0 Å². The summed E-state index contributed by atoms with van der Waals surface area (Å²) in [5.41, 5.74) is 1.23. The van der Waals surface area contributed by atoms with Crippen molar-refractivity contribution in [1.82, 2.24) is 9.55 Å². The van der Waals surface area contributed by atoms with Crippen molar-refractivity contribution in [3.63, 3.8) is 0 Å². The van der Waals surface area contributed by atoms with Crippen molar-refractivity contribution in [3.05, 3.63) is 53.9 Å². The topological polar surface area (TPSA) is 34.9 Å². The first-order chi connectivity index (χ1) is 8.11. The van der Waals surface area contributed by atoms with Gasteiger partial charge in [-0.15, -0.1) is 0 Å². The van der Waals surface area contributed by atoms with Crippen LogP contribution in [0.1, 0.15) is 35.9 Å². The molecule has 0 bridgehead atoms. The Morgan fingerprint density at radius 3 is 2.59 bits per heavy atom. The Kier molecular flexibility index (Phi) is 3.04. The lowest BCUT2D eigenvalue weighted by atomic mass is 10.1. The second-order valence-corrected chi connectivity index (χ2v) is 3.93. The van der Waals surface area contributed by atoms with Crippen LogP contribution in [0.4, 0.5) is 4.39 Å². The van der Waals surface area contributed by atoms with E-state index < -0.39 is 6.08 Å². The summed E-state index contributed by atoms with van der Waals surface area (Å²) in [6.45, 7) is 3.25. The van der Waals surface area contributed by atoms with Gasteiger partial charge in [0.15, 0.2) is 5.78 Å². The molecule has 2 rings (SSSR count). The normalized spacial score (nSPS) is 12.4. The van der Waals surface area contributed by atoms with E-state index in [4.69, 9.17) is 0 Å². The highest BCUT2D eigenvalue weighted by Gasteiger charge is 2.19. The fourth-order valence-corrected chi connectivity index (χ4v) is 1.85. The maximum atomic E-state index is 13.6. The summed E-state index contributed by atoms with van der Waals surface area (Å²) in [5.74, 6) is -0.191. The molecule has 0 radical (unpaired) electrons. The molecule has 88 valence electrons. The van der Waals surface area contributed by atoms with E-state index >= 15 is 0 Å². The van der Waals surface area contributed by atoms with Gasteiger partial charge in [0.1, 0.15) is 5.69 Å². The molecule has 0 spiro atoms. The number of carbonyl (C=O) groups is 1. The van der Waals surface area contributed by atoms with E-state index in [9.17, 15) is 9.18 Å². The minimum absolute atomic E-state index is 0.191. The van der Waals surface area contributed by atoms with Gasteiger partial charge in [-0.1, -0.05) is 30.3 Å². The lowest BCUT2D eigenvalue weighted by Gasteiger charge is -2.16. The minimum Gasteiger partial charge on any atom is -0.293 e. The number of hydrogen-bond donors (Lipinski definition) is 0. The first-order valence-corrected chi connectivity index (χ1v) is 5.40. The van der Waals surface area contributed by atoms with Crippen molar-refractivity contribution in [1.29, 1.82) is 0 Å². The van der Waals surface area contributed by atoms with Gasteiger partial charge in [0.2, 0.25) is 0 Å². The van der Waals surface area contributed by atoms with Crippen molar-refractivity contribution in [2.24, 2.45) is 0 Å². The number of carbonyl (C=O) groups excluding carboxylic acids is 1. The average molecular weight is 232 g/mol. The van der Waals surface area contributed by atoms with Crippen LogP contribution in [0.25, 0.3) is 0 Å². The van der Waals surface area contributed by atoms with Crippen LogP contribution in [0.2, 0.25) is 0 Å². The first kappa shape index (κ1) is 11.5. The maximum absolute atomic E-state index is 13.6. The molecule has 1 aromatic heterocycles. The number of rotatable bonds is 3. The molecule has 1 heterocycles. The first-order valence-electron chi connectivity index (χ1n) is 5.40. The summed E-state index contributed by atoms with van der Waals surface area (Å²) < 4.78 is 14.9. The second kappa shape index (κ2) is 4.49. The molecule has 0 aliphatic rings. The van der Waals surface area contributed by atoms with Crippen LogP contribution in [0, 0.1) is 6.08 Å². The molecular formula is C13H13FN2O. The van der Waals surface area contributed by atoms with Crippen molar-refractivity contribution in [2.75, 3.05) is 0 Å². The van der Waals surface area contributed by atoms with E-state index in [-0.39, 0.29) is 11.8 Å². The molecule has 0 aliphatic heterocycles. The van der Waals surface area contributed by atoms with E-state index in [1.807, 2.05) is 37.3 Å². The van der Waals surface area contributed by atoms with Crippen LogP contribution in [0.15, 0.2) is 36.5 Å². The molecule has 2 aromatic rings. The maximum Gasteiger partial charge on any atom is 0.290 e. The number of imidazole rings is 1. The Hall–Kier alpha value is -1.97. The number of aromatic nitrogens is 2. The van der Waals surface area contributed by atoms with Gasteiger partial charge in [0.25, 0.3) is 6.08 Å². The molecule has 17 heavy (non-hydrogen) atoms. The lowest BCUT2D eigenvalue weighted by molar-refractivity contribution is 0.100. The van der Waals surface area contributed by atoms with E-state index in [0.717, 1.165) is 5.56 Å². The van der Waals surface area contributed by atoms with Gasteiger partial charge in [-0.3, -0.25) is 9.36 Å². The molecule has 0 aliphatic carbocycles. The lowest BCUT2D eigenvalue weighted by Crippen LogP contribution is -2.14. The molecule has 0 fully saturated rings. The number of benzene rings is 1. The van der Waals surface area contributed by atoms with Crippen LogP contribution in [0.3, 0.4) is 0 Å². The van der Waals surface area contributed by atoms with E-state index in [2.05, 4.69) is 4.98 Å². The quantitative estimate of drug-likeness (QED) is 0.763. The van der Waals surface area contributed by atoms with Gasteiger partial charge in [0.05, 0.1) is 12.2 Å². The Labute approximate surface area is 98.9 Å². The van der Waals surface area contributed by atoms with Crippen LogP contribution in [0.5, 0.6) is 0 Å². The van der Waals surface area contributed by atoms with Gasteiger partial charge in [0, 0.05) is 6.92 Å². The predicted molar refractivity (Wildman–Crippen MR) is 62.4 cm³/mol. The molecule has 1 aromatic carbocycles. The van der Waals surface area contributed by atoms with Crippen molar-refractivity contribution < 1.29 is 9.18 Å². The third-order valence-electron chi connectivity index (χ3n) is 2.78. The molecular weight excluding hydrogens is 219 g/mol. The van der Waals surface area contributed by atoms with Gasteiger partial charge < -0.3 is 0 Å². The average Bonchev–Trinajstić information content (AvgIpc) is 2.71. The summed E-state index contributed by atoms with van der Waals surface area (Å²) >= 11 is 0. The minimum atomic E-state index is -0.633. The highest BCUT2D eigenvalue weighted by atomic mass is 19.1. The number of hydrogen-bond acceptors (Lipinski definition) is 2. The third-order valence-corrected chi connectivity index (χ3v) is 2.78. The largest absolute Gasteiger partial charge is 0.293 e. The smallest absolute Gasteiger partial charge is 0.290 e. The van der Waals surface area contributed by atoms with Gasteiger partial charge >= 0.3 is 0 Å². The molecule has 3 nitrogen and oxygen atoms in total. The summed E-state index contributed by atoms with van der Waals surface area (Å²) in [7, 11) is 0. The van der Waals surface area contributed by atoms with Crippen LogP contribution < -0.4 is 0 Å².